The molecule has 0 aliphatic rings. The van der Waals surface area contributed by atoms with E-state index >= 15 is 0 Å². The number of carbonyl (C=O) groups excluding carboxylic acids is 1. The van der Waals surface area contributed by atoms with Crippen LogP contribution in [-0.4, -0.2) is 20.4 Å². The molecular formula is C19H16N4O2S2. The van der Waals surface area contributed by atoms with Crippen LogP contribution >= 0.6 is 22.7 Å². The molecule has 1 amide bonds. The van der Waals surface area contributed by atoms with E-state index in [1.54, 1.807) is 11.6 Å². The molecule has 0 spiro atoms. The molecule has 136 valence electrons. The fraction of sp³-hybridized carbons (Fsp3) is 0.158. The van der Waals surface area contributed by atoms with Crippen molar-refractivity contribution >= 4 is 43.9 Å². The topological polar surface area (TPSA) is 76.9 Å². The molecule has 8 heteroatoms. The van der Waals surface area contributed by atoms with Crippen LogP contribution in [0.2, 0.25) is 0 Å². The highest BCUT2D eigenvalue weighted by atomic mass is 32.1. The van der Waals surface area contributed by atoms with Crippen molar-refractivity contribution in [1.29, 1.82) is 0 Å². The van der Waals surface area contributed by atoms with Crippen LogP contribution in [0.5, 0.6) is 0 Å². The Labute approximate surface area is 163 Å². The zero-order chi connectivity index (χ0) is 18.8. The van der Waals surface area contributed by atoms with Gasteiger partial charge in [0.1, 0.15) is 10.9 Å². The molecule has 4 aromatic rings. The first-order valence-electron chi connectivity index (χ1n) is 8.44. The lowest BCUT2D eigenvalue weighted by molar-refractivity contribution is -0.119. The molecule has 6 nitrogen and oxygen atoms in total. The van der Waals surface area contributed by atoms with Crippen molar-refractivity contribution in [3.8, 4) is 10.4 Å². The maximum Gasteiger partial charge on any atom is 0.262 e. The molecule has 0 aliphatic carbocycles. The van der Waals surface area contributed by atoms with E-state index < -0.39 is 6.04 Å². The van der Waals surface area contributed by atoms with Gasteiger partial charge in [-0.1, -0.05) is 37.3 Å². The highest BCUT2D eigenvalue weighted by molar-refractivity contribution is 7.21. The molecule has 0 saturated carbocycles. The number of rotatable bonds is 5. The number of carbonyl (C=O) groups is 1. The number of thiazole rings is 1. The maximum absolute atomic E-state index is 13.0. The number of amides is 1. The van der Waals surface area contributed by atoms with Crippen LogP contribution in [0.1, 0.15) is 19.4 Å². The van der Waals surface area contributed by atoms with Crippen LogP contribution in [0.3, 0.4) is 0 Å². The van der Waals surface area contributed by atoms with E-state index in [0.29, 0.717) is 21.8 Å². The molecule has 1 aromatic carbocycles. The number of nitrogens with one attached hydrogen (secondary N) is 1. The Kier molecular flexibility index (Phi) is 4.83. The lowest BCUT2D eigenvalue weighted by atomic mass is 10.2. The third-order valence-corrected chi connectivity index (χ3v) is 6.00. The Hall–Kier alpha value is -2.84. The van der Waals surface area contributed by atoms with Gasteiger partial charge >= 0.3 is 0 Å². The van der Waals surface area contributed by atoms with Gasteiger partial charge in [0.2, 0.25) is 5.91 Å². The minimum absolute atomic E-state index is 0.209. The maximum atomic E-state index is 13.0. The number of aromatic nitrogens is 3. The molecule has 3 heterocycles. The molecule has 0 bridgehead atoms. The Balaban J connectivity index is 1.72. The summed E-state index contributed by atoms with van der Waals surface area (Å²) in [6, 6.07) is 11.1. The molecule has 1 unspecified atom stereocenters. The standard InChI is InChI=1S/C19H16N4O2S2/c1-2-14(16(24)22-19-20-8-9-26-19)23-11-21-17-13(18(23)25)10-15(27-17)12-6-4-3-5-7-12/h3-11,14H,2H2,1H3,(H,20,22,24). The van der Waals surface area contributed by atoms with E-state index in [0.717, 1.165) is 10.4 Å². The van der Waals surface area contributed by atoms with Gasteiger partial charge < -0.3 is 5.32 Å². The smallest absolute Gasteiger partial charge is 0.262 e. The summed E-state index contributed by atoms with van der Waals surface area (Å²) in [7, 11) is 0. The zero-order valence-electron chi connectivity index (χ0n) is 14.5. The Morgan fingerprint density at radius 2 is 2.07 bits per heavy atom. The van der Waals surface area contributed by atoms with Crippen molar-refractivity contribution in [2.45, 2.75) is 19.4 Å². The normalized spacial score (nSPS) is 12.2. The van der Waals surface area contributed by atoms with Crippen LogP contribution in [0, 0.1) is 0 Å². The SMILES string of the molecule is CCC(C(=O)Nc1nccs1)n1cnc2sc(-c3ccccc3)cc2c1=O. The second kappa shape index (κ2) is 7.42. The van der Waals surface area contributed by atoms with Crippen LogP contribution < -0.4 is 10.9 Å². The predicted molar refractivity (Wildman–Crippen MR) is 109 cm³/mol. The lowest BCUT2D eigenvalue weighted by Crippen LogP contribution is -2.33. The van der Waals surface area contributed by atoms with Crippen molar-refractivity contribution in [1.82, 2.24) is 14.5 Å². The third kappa shape index (κ3) is 3.41. The predicted octanol–water partition coefficient (Wildman–Crippen LogP) is 4.17. The van der Waals surface area contributed by atoms with Crippen LogP contribution in [0.25, 0.3) is 20.7 Å². The van der Waals surface area contributed by atoms with Gasteiger partial charge in [0.25, 0.3) is 5.56 Å². The van der Waals surface area contributed by atoms with Crippen molar-refractivity contribution in [2.24, 2.45) is 0 Å². The zero-order valence-corrected chi connectivity index (χ0v) is 16.1. The van der Waals surface area contributed by atoms with Crippen LogP contribution in [-0.2, 0) is 4.79 Å². The molecule has 0 aliphatic heterocycles. The molecule has 0 radical (unpaired) electrons. The summed E-state index contributed by atoms with van der Waals surface area (Å²) < 4.78 is 1.41. The molecule has 4 rings (SSSR count). The fourth-order valence-corrected chi connectivity index (χ4v) is 4.41. The number of hydrogen-bond acceptors (Lipinski definition) is 6. The minimum atomic E-state index is -0.640. The van der Waals surface area contributed by atoms with Gasteiger partial charge in [0.05, 0.1) is 11.7 Å². The Morgan fingerprint density at radius 1 is 1.26 bits per heavy atom. The van der Waals surface area contributed by atoms with E-state index in [2.05, 4.69) is 15.3 Å². The average Bonchev–Trinajstić information content (AvgIpc) is 3.35. The van der Waals surface area contributed by atoms with Crippen molar-refractivity contribution in [2.75, 3.05) is 5.32 Å². The number of nitrogens with zero attached hydrogens (tertiary/aromatic N) is 3. The second-order valence-electron chi connectivity index (χ2n) is 5.90. The van der Waals surface area contributed by atoms with Gasteiger partial charge in [-0.25, -0.2) is 9.97 Å². The summed E-state index contributed by atoms with van der Waals surface area (Å²) in [5, 5.41) is 5.59. The van der Waals surface area contributed by atoms with Crippen molar-refractivity contribution in [3.05, 3.63) is 64.7 Å². The molecule has 1 atom stereocenters. The summed E-state index contributed by atoms with van der Waals surface area (Å²) >= 11 is 2.81. The van der Waals surface area contributed by atoms with Gasteiger partial charge in [0.15, 0.2) is 5.13 Å². The molecule has 0 saturated heterocycles. The average molecular weight is 396 g/mol. The summed E-state index contributed by atoms with van der Waals surface area (Å²) in [5.41, 5.74) is 0.833. The number of thiophene rings is 1. The summed E-state index contributed by atoms with van der Waals surface area (Å²) in [6.45, 7) is 1.87. The van der Waals surface area contributed by atoms with Crippen molar-refractivity contribution < 1.29 is 4.79 Å². The van der Waals surface area contributed by atoms with E-state index in [4.69, 9.17) is 0 Å². The number of anilines is 1. The molecule has 0 fully saturated rings. The highest BCUT2D eigenvalue weighted by Crippen LogP contribution is 2.31. The van der Waals surface area contributed by atoms with E-state index in [9.17, 15) is 9.59 Å². The van der Waals surface area contributed by atoms with Gasteiger partial charge in [0, 0.05) is 16.5 Å². The summed E-state index contributed by atoms with van der Waals surface area (Å²) in [5.74, 6) is -0.269. The Morgan fingerprint density at radius 3 is 2.78 bits per heavy atom. The number of benzene rings is 1. The first kappa shape index (κ1) is 17.6. The van der Waals surface area contributed by atoms with Gasteiger partial charge in [-0.05, 0) is 18.1 Å². The minimum Gasteiger partial charge on any atom is -0.300 e. The lowest BCUT2D eigenvalue weighted by Gasteiger charge is -2.16. The van der Waals surface area contributed by atoms with Crippen molar-refractivity contribution in [3.63, 3.8) is 0 Å². The summed E-state index contributed by atoms with van der Waals surface area (Å²) in [4.78, 5) is 35.8. The van der Waals surface area contributed by atoms with E-state index in [1.165, 1.54) is 33.6 Å². The van der Waals surface area contributed by atoms with Gasteiger partial charge in [-0.2, -0.15) is 0 Å². The van der Waals surface area contributed by atoms with Gasteiger partial charge in [-0.15, -0.1) is 22.7 Å². The largest absolute Gasteiger partial charge is 0.300 e. The fourth-order valence-electron chi connectivity index (χ4n) is 2.89. The Bertz CT molecular complexity index is 1130. The molecule has 27 heavy (non-hydrogen) atoms. The first-order chi connectivity index (χ1) is 13.2. The van der Waals surface area contributed by atoms with E-state index in [-0.39, 0.29) is 11.5 Å². The monoisotopic (exact) mass is 396 g/mol. The quantitative estimate of drug-likeness (QED) is 0.549. The number of fused-ring (bicyclic) bond motifs is 1. The second-order valence-corrected chi connectivity index (χ2v) is 7.83. The first-order valence-corrected chi connectivity index (χ1v) is 10.1. The third-order valence-electron chi connectivity index (χ3n) is 4.22. The molecular weight excluding hydrogens is 380 g/mol. The summed E-state index contributed by atoms with van der Waals surface area (Å²) in [6.07, 6.45) is 3.56. The van der Waals surface area contributed by atoms with Crippen LogP contribution in [0.15, 0.2) is 59.1 Å². The highest BCUT2D eigenvalue weighted by Gasteiger charge is 2.22. The number of hydrogen-bond donors (Lipinski definition) is 1. The van der Waals surface area contributed by atoms with E-state index in [1.807, 2.05) is 43.3 Å². The van der Waals surface area contributed by atoms with Crippen LogP contribution in [0.4, 0.5) is 5.13 Å². The van der Waals surface area contributed by atoms with Gasteiger partial charge in [-0.3, -0.25) is 14.2 Å². The molecule has 1 N–H and O–H groups in total. The molecule has 3 aromatic heterocycles.